The smallest absolute Gasteiger partial charge is 0.340 e. The van der Waals surface area contributed by atoms with E-state index in [0.717, 1.165) is 29.4 Å². The maximum Gasteiger partial charge on any atom is 0.340 e. The molecule has 1 aliphatic rings. The highest BCUT2D eigenvalue weighted by molar-refractivity contribution is 6.01. The van der Waals surface area contributed by atoms with Crippen molar-refractivity contribution in [1.82, 2.24) is 0 Å². The molecule has 0 radical (unpaired) electrons. The van der Waals surface area contributed by atoms with Crippen molar-refractivity contribution in [2.45, 2.75) is 33.1 Å². The van der Waals surface area contributed by atoms with Gasteiger partial charge in [-0.15, -0.1) is 0 Å². The highest BCUT2D eigenvalue weighted by Gasteiger charge is 2.23. The van der Waals surface area contributed by atoms with Crippen LogP contribution in [0.4, 0.5) is 5.69 Å². The first-order valence-corrected chi connectivity index (χ1v) is 10.3. The van der Waals surface area contributed by atoms with Crippen LogP contribution in [-0.4, -0.2) is 25.1 Å². The first kappa shape index (κ1) is 20.7. The van der Waals surface area contributed by atoms with E-state index in [2.05, 4.69) is 5.32 Å². The minimum atomic E-state index is -0.505. The Bertz CT molecular complexity index is 1230. The lowest BCUT2D eigenvalue weighted by Gasteiger charge is -2.14. The number of rotatable bonds is 6. The normalized spacial score (nSPS) is 12.5. The van der Waals surface area contributed by atoms with Gasteiger partial charge in [-0.1, -0.05) is 12.1 Å². The topological polar surface area (TPSA) is 94.8 Å². The summed E-state index contributed by atoms with van der Waals surface area (Å²) in [6.07, 6.45) is 2.35. The van der Waals surface area contributed by atoms with Gasteiger partial charge in [0.2, 0.25) is 0 Å². The van der Waals surface area contributed by atoms with Crippen molar-refractivity contribution in [3.8, 4) is 5.75 Å². The first-order valence-electron chi connectivity index (χ1n) is 10.3. The van der Waals surface area contributed by atoms with Gasteiger partial charge in [0.25, 0.3) is 5.91 Å². The second-order valence-corrected chi connectivity index (χ2v) is 7.44. The van der Waals surface area contributed by atoms with Crippen LogP contribution in [0.25, 0.3) is 11.0 Å². The Hall–Kier alpha value is -3.61. The van der Waals surface area contributed by atoms with Crippen LogP contribution < -0.4 is 15.7 Å². The third-order valence-corrected chi connectivity index (χ3v) is 5.23. The fourth-order valence-corrected chi connectivity index (χ4v) is 3.93. The number of ether oxygens (including phenoxy) is 2. The van der Waals surface area contributed by atoms with Gasteiger partial charge >= 0.3 is 11.6 Å². The number of nitrogens with one attached hydrogen (secondary N) is 1. The number of benzene rings is 2. The van der Waals surface area contributed by atoms with Crippen molar-refractivity contribution in [3.05, 3.63) is 69.1 Å². The Kier molecular flexibility index (Phi) is 5.75. The summed E-state index contributed by atoms with van der Waals surface area (Å²) >= 11 is 0. The first-order chi connectivity index (χ1) is 15.0. The predicted octanol–water partition coefficient (Wildman–Crippen LogP) is 3.78. The van der Waals surface area contributed by atoms with Crippen LogP contribution in [0.15, 0.2) is 45.6 Å². The van der Waals surface area contributed by atoms with Crippen molar-refractivity contribution in [2.75, 3.05) is 18.5 Å². The monoisotopic (exact) mass is 421 g/mol. The van der Waals surface area contributed by atoms with Crippen LogP contribution in [0.5, 0.6) is 5.75 Å². The minimum Gasteiger partial charge on any atom is -0.483 e. The van der Waals surface area contributed by atoms with E-state index in [9.17, 15) is 14.4 Å². The molecule has 1 aliphatic carbocycles. The van der Waals surface area contributed by atoms with Crippen LogP contribution in [0.3, 0.4) is 0 Å². The molecule has 0 saturated heterocycles. The van der Waals surface area contributed by atoms with Gasteiger partial charge in [0.15, 0.2) is 6.61 Å². The molecule has 0 bridgehead atoms. The number of aryl methyl sites for hydroxylation is 2. The van der Waals surface area contributed by atoms with Crippen molar-refractivity contribution in [2.24, 2.45) is 0 Å². The lowest BCUT2D eigenvalue weighted by molar-refractivity contribution is -0.118. The van der Waals surface area contributed by atoms with E-state index in [4.69, 9.17) is 13.9 Å². The van der Waals surface area contributed by atoms with E-state index in [-0.39, 0.29) is 24.4 Å². The number of amides is 1. The number of carbonyl (C=O) groups is 2. The molecule has 2 aromatic carbocycles. The summed E-state index contributed by atoms with van der Waals surface area (Å²) in [7, 11) is 0. The average Bonchev–Trinajstić information content (AvgIpc) is 3.23. The number of anilines is 1. The SMILES string of the molecule is CCOC(=O)c1ccccc1NC(=O)COc1cc(C)cc2oc(=O)c3c(c12)CCC3. The molecule has 7 nitrogen and oxygen atoms in total. The summed E-state index contributed by atoms with van der Waals surface area (Å²) in [6.45, 7) is 3.57. The van der Waals surface area contributed by atoms with Gasteiger partial charge in [-0.3, -0.25) is 4.79 Å². The van der Waals surface area contributed by atoms with E-state index in [0.29, 0.717) is 29.0 Å². The number of fused-ring (bicyclic) bond motifs is 3. The molecule has 1 N–H and O–H groups in total. The molecule has 160 valence electrons. The lowest BCUT2D eigenvalue weighted by Crippen LogP contribution is -2.22. The third-order valence-electron chi connectivity index (χ3n) is 5.23. The van der Waals surface area contributed by atoms with Gasteiger partial charge in [0.05, 0.1) is 23.2 Å². The fraction of sp³-hybridized carbons (Fsp3) is 0.292. The van der Waals surface area contributed by atoms with Gasteiger partial charge in [-0.2, -0.15) is 0 Å². The molecule has 0 unspecified atom stereocenters. The van der Waals surface area contributed by atoms with Gasteiger partial charge in [-0.25, -0.2) is 9.59 Å². The van der Waals surface area contributed by atoms with Crippen molar-refractivity contribution in [3.63, 3.8) is 0 Å². The second-order valence-electron chi connectivity index (χ2n) is 7.44. The number of para-hydroxylation sites is 1. The summed E-state index contributed by atoms with van der Waals surface area (Å²) < 4.78 is 16.4. The number of carbonyl (C=O) groups excluding carboxylic acids is 2. The number of hydrogen-bond acceptors (Lipinski definition) is 6. The van der Waals surface area contributed by atoms with Gasteiger partial charge in [-0.05, 0) is 68.5 Å². The third kappa shape index (κ3) is 4.17. The zero-order valence-electron chi connectivity index (χ0n) is 17.4. The summed E-state index contributed by atoms with van der Waals surface area (Å²) in [5, 5.41) is 3.45. The van der Waals surface area contributed by atoms with Crippen LogP contribution in [0, 0.1) is 6.92 Å². The Morgan fingerprint density at radius 2 is 1.90 bits per heavy atom. The Labute approximate surface area is 179 Å². The summed E-state index contributed by atoms with van der Waals surface area (Å²) in [5.41, 5.74) is 3.28. The van der Waals surface area contributed by atoms with E-state index < -0.39 is 11.9 Å². The number of esters is 1. The van der Waals surface area contributed by atoms with E-state index >= 15 is 0 Å². The molecule has 0 aliphatic heterocycles. The maximum atomic E-state index is 12.6. The molecule has 0 saturated carbocycles. The standard InChI is InChI=1S/C24H23NO6/c1-3-29-23(27)17-7-4-5-10-18(17)25-21(26)13-30-19-11-14(2)12-20-22(19)15-8-6-9-16(15)24(28)31-20/h4-5,7,10-12H,3,6,8-9,13H2,1-2H3,(H,25,26). The molecule has 31 heavy (non-hydrogen) atoms. The molecular weight excluding hydrogens is 398 g/mol. The molecule has 7 heteroatoms. The summed E-state index contributed by atoms with van der Waals surface area (Å²) in [5.74, 6) is -0.416. The molecule has 4 rings (SSSR count). The van der Waals surface area contributed by atoms with Gasteiger partial charge in [0, 0.05) is 5.56 Å². The van der Waals surface area contributed by atoms with E-state index in [1.807, 2.05) is 13.0 Å². The Morgan fingerprint density at radius 1 is 1.13 bits per heavy atom. The minimum absolute atomic E-state index is 0.241. The largest absolute Gasteiger partial charge is 0.483 e. The second kappa shape index (κ2) is 8.63. The predicted molar refractivity (Wildman–Crippen MR) is 116 cm³/mol. The molecule has 1 heterocycles. The summed E-state index contributed by atoms with van der Waals surface area (Å²) in [4.78, 5) is 36.9. The number of hydrogen-bond donors (Lipinski definition) is 1. The van der Waals surface area contributed by atoms with Gasteiger partial charge in [0.1, 0.15) is 11.3 Å². The highest BCUT2D eigenvalue weighted by atomic mass is 16.5. The highest BCUT2D eigenvalue weighted by Crippen LogP contribution is 2.35. The maximum absolute atomic E-state index is 12.6. The zero-order valence-corrected chi connectivity index (χ0v) is 17.4. The van der Waals surface area contributed by atoms with E-state index in [1.54, 1.807) is 37.3 Å². The Balaban J connectivity index is 1.57. The van der Waals surface area contributed by atoms with E-state index in [1.165, 1.54) is 0 Å². The molecule has 0 atom stereocenters. The average molecular weight is 421 g/mol. The molecular formula is C24H23NO6. The molecule has 3 aromatic rings. The molecule has 1 aromatic heterocycles. The van der Waals surface area contributed by atoms with Crippen LogP contribution in [0.1, 0.15) is 40.4 Å². The zero-order chi connectivity index (χ0) is 22.0. The summed E-state index contributed by atoms with van der Waals surface area (Å²) in [6, 6.07) is 10.3. The van der Waals surface area contributed by atoms with Crippen LogP contribution in [0.2, 0.25) is 0 Å². The molecule has 0 spiro atoms. The van der Waals surface area contributed by atoms with Crippen molar-refractivity contribution in [1.29, 1.82) is 0 Å². The molecule has 1 amide bonds. The van der Waals surface area contributed by atoms with Crippen molar-refractivity contribution >= 4 is 28.5 Å². The van der Waals surface area contributed by atoms with Crippen LogP contribution in [-0.2, 0) is 22.4 Å². The van der Waals surface area contributed by atoms with Crippen LogP contribution >= 0.6 is 0 Å². The molecule has 0 fully saturated rings. The quantitative estimate of drug-likeness (QED) is 0.481. The lowest BCUT2D eigenvalue weighted by atomic mass is 10.0. The Morgan fingerprint density at radius 3 is 2.71 bits per heavy atom. The van der Waals surface area contributed by atoms with Crippen molar-refractivity contribution < 1.29 is 23.5 Å². The fourth-order valence-electron chi connectivity index (χ4n) is 3.93. The van der Waals surface area contributed by atoms with Gasteiger partial charge < -0.3 is 19.2 Å².